The van der Waals surface area contributed by atoms with Crippen LogP contribution in [0.4, 0.5) is 4.39 Å². The highest BCUT2D eigenvalue weighted by atomic mass is 19.1. The van der Waals surface area contributed by atoms with E-state index >= 15 is 0 Å². The van der Waals surface area contributed by atoms with Gasteiger partial charge in [0.1, 0.15) is 5.82 Å². The van der Waals surface area contributed by atoms with Gasteiger partial charge in [0.15, 0.2) is 5.78 Å². The molecule has 0 fully saturated rings. The molecule has 1 nitrogen and oxygen atoms in total. The van der Waals surface area contributed by atoms with E-state index in [2.05, 4.69) is 20.8 Å². The number of halogens is 1. The Balaban J connectivity index is 2.51. The Hall–Kier alpha value is -1.96. The van der Waals surface area contributed by atoms with E-state index in [0.717, 1.165) is 5.56 Å². The number of rotatable bonds is 2. The molecular formula is C17H17FO. The number of hydrogen-bond donors (Lipinski definition) is 0. The first-order chi connectivity index (χ1) is 8.89. The van der Waals surface area contributed by atoms with Gasteiger partial charge in [-0.1, -0.05) is 57.2 Å². The summed E-state index contributed by atoms with van der Waals surface area (Å²) in [4.78, 5) is 12.5. The summed E-state index contributed by atoms with van der Waals surface area (Å²) in [6.45, 7) is 6.18. The summed E-state index contributed by atoms with van der Waals surface area (Å²) in [6, 6.07) is 13.3. The van der Waals surface area contributed by atoms with Gasteiger partial charge in [-0.2, -0.15) is 0 Å². The Kier molecular flexibility index (Phi) is 3.52. The monoisotopic (exact) mass is 256 g/mol. The molecule has 0 N–H and O–H groups in total. The van der Waals surface area contributed by atoms with Gasteiger partial charge in [0.25, 0.3) is 0 Å². The molecule has 2 rings (SSSR count). The van der Waals surface area contributed by atoms with E-state index in [1.165, 1.54) is 12.1 Å². The van der Waals surface area contributed by atoms with Crippen molar-refractivity contribution in [1.29, 1.82) is 0 Å². The third kappa shape index (κ3) is 2.90. The van der Waals surface area contributed by atoms with Crippen molar-refractivity contribution in [2.24, 2.45) is 0 Å². The minimum atomic E-state index is -0.390. The number of carbonyl (C=O) groups is 1. The number of carbonyl (C=O) groups excluding carboxylic acids is 1. The first-order valence-corrected chi connectivity index (χ1v) is 6.29. The molecule has 0 saturated heterocycles. The lowest BCUT2D eigenvalue weighted by atomic mass is 9.82. The van der Waals surface area contributed by atoms with Gasteiger partial charge < -0.3 is 0 Å². The smallest absolute Gasteiger partial charge is 0.193 e. The van der Waals surface area contributed by atoms with Crippen LogP contribution in [0.3, 0.4) is 0 Å². The predicted octanol–water partition coefficient (Wildman–Crippen LogP) is 4.35. The Morgan fingerprint density at radius 1 is 1.00 bits per heavy atom. The van der Waals surface area contributed by atoms with E-state index < -0.39 is 0 Å². The standard InChI is InChI=1S/C17H17FO/c1-17(2,3)15-10-5-4-9-14(15)16(19)12-7-6-8-13(18)11-12/h4-11H,1-3H3. The van der Waals surface area contributed by atoms with Gasteiger partial charge in [-0.15, -0.1) is 0 Å². The summed E-state index contributed by atoms with van der Waals surface area (Å²) in [5, 5.41) is 0. The second-order valence-corrected chi connectivity index (χ2v) is 5.64. The van der Waals surface area contributed by atoms with Crippen LogP contribution < -0.4 is 0 Å². The number of benzene rings is 2. The van der Waals surface area contributed by atoms with Gasteiger partial charge in [-0.25, -0.2) is 4.39 Å². The van der Waals surface area contributed by atoms with Crippen molar-refractivity contribution in [3.05, 3.63) is 71.0 Å². The van der Waals surface area contributed by atoms with Crippen molar-refractivity contribution < 1.29 is 9.18 Å². The third-order valence-electron chi connectivity index (χ3n) is 3.07. The lowest BCUT2D eigenvalue weighted by molar-refractivity contribution is 0.103. The first-order valence-electron chi connectivity index (χ1n) is 6.29. The van der Waals surface area contributed by atoms with Gasteiger partial charge in [-0.3, -0.25) is 4.79 Å². The molecular weight excluding hydrogens is 239 g/mol. The van der Waals surface area contributed by atoms with Crippen molar-refractivity contribution in [3.63, 3.8) is 0 Å². The largest absolute Gasteiger partial charge is 0.289 e. The van der Waals surface area contributed by atoms with Crippen LogP contribution in [0, 0.1) is 5.82 Å². The Morgan fingerprint density at radius 3 is 2.32 bits per heavy atom. The molecule has 0 atom stereocenters. The van der Waals surface area contributed by atoms with Gasteiger partial charge in [0.2, 0.25) is 0 Å². The van der Waals surface area contributed by atoms with Crippen LogP contribution in [-0.4, -0.2) is 5.78 Å². The fourth-order valence-electron chi connectivity index (χ4n) is 2.12. The molecule has 2 heteroatoms. The SMILES string of the molecule is CC(C)(C)c1ccccc1C(=O)c1cccc(F)c1. The lowest BCUT2D eigenvalue weighted by Crippen LogP contribution is -2.17. The van der Waals surface area contributed by atoms with Crippen molar-refractivity contribution in [2.75, 3.05) is 0 Å². The molecule has 0 heterocycles. The molecule has 0 spiro atoms. The molecule has 0 radical (unpaired) electrons. The van der Waals surface area contributed by atoms with Crippen LogP contribution in [0.2, 0.25) is 0 Å². The van der Waals surface area contributed by atoms with Crippen LogP contribution in [0.25, 0.3) is 0 Å². The zero-order chi connectivity index (χ0) is 14.0. The Bertz CT molecular complexity index is 609. The van der Waals surface area contributed by atoms with Gasteiger partial charge in [0.05, 0.1) is 0 Å². The van der Waals surface area contributed by atoms with E-state index in [0.29, 0.717) is 11.1 Å². The normalized spacial score (nSPS) is 11.4. The van der Waals surface area contributed by atoms with Gasteiger partial charge >= 0.3 is 0 Å². The Morgan fingerprint density at radius 2 is 1.68 bits per heavy atom. The fraction of sp³-hybridized carbons (Fsp3) is 0.235. The molecule has 98 valence electrons. The van der Waals surface area contributed by atoms with E-state index in [1.54, 1.807) is 18.2 Å². The second kappa shape index (κ2) is 4.96. The zero-order valence-electron chi connectivity index (χ0n) is 11.4. The molecule has 0 aliphatic heterocycles. The number of ketones is 1. The van der Waals surface area contributed by atoms with Crippen molar-refractivity contribution in [3.8, 4) is 0 Å². The maximum absolute atomic E-state index is 13.2. The molecule has 0 aromatic heterocycles. The molecule has 2 aromatic carbocycles. The van der Waals surface area contributed by atoms with Gasteiger partial charge in [0, 0.05) is 11.1 Å². The van der Waals surface area contributed by atoms with Crippen molar-refractivity contribution in [2.45, 2.75) is 26.2 Å². The van der Waals surface area contributed by atoms with Crippen LogP contribution >= 0.6 is 0 Å². The van der Waals surface area contributed by atoms with E-state index in [4.69, 9.17) is 0 Å². The Labute approximate surface area is 113 Å². The average Bonchev–Trinajstić information content (AvgIpc) is 2.37. The van der Waals surface area contributed by atoms with Crippen LogP contribution in [0.1, 0.15) is 42.3 Å². The highest BCUT2D eigenvalue weighted by Gasteiger charge is 2.21. The summed E-state index contributed by atoms with van der Waals surface area (Å²) in [7, 11) is 0. The topological polar surface area (TPSA) is 17.1 Å². The van der Waals surface area contributed by atoms with Crippen molar-refractivity contribution in [1.82, 2.24) is 0 Å². The predicted molar refractivity (Wildman–Crippen MR) is 75.0 cm³/mol. The van der Waals surface area contributed by atoms with Crippen LogP contribution in [0.5, 0.6) is 0 Å². The third-order valence-corrected chi connectivity index (χ3v) is 3.07. The summed E-state index contributed by atoms with van der Waals surface area (Å²) < 4.78 is 13.2. The highest BCUT2D eigenvalue weighted by Crippen LogP contribution is 2.27. The van der Waals surface area contributed by atoms with E-state index in [9.17, 15) is 9.18 Å². The molecule has 19 heavy (non-hydrogen) atoms. The summed E-state index contributed by atoms with van der Waals surface area (Å²) >= 11 is 0. The summed E-state index contributed by atoms with van der Waals surface area (Å²) in [5.41, 5.74) is 1.88. The van der Waals surface area contributed by atoms with Crippen LogP contribution in [-0.2, 0) is 5.41 Å². The van der Waals surface area contributed by atoms with Gasteiger partial charge in [-0.05, 0) is 23.1 Å². The fourth-order valence-corrected chi connectivity index (χ4v) is 2.12. The molecule has 0 bridgehead atoms. The number of hydrogen-bond acceptors (Lipinski definition) is 1. The quantitative estimate of drug-likeness (QED) is 0.730. The molecule has 2 aromatic rings. The van der Waals surface area contributed by atoms with Crippen molar-refractivity contribution >= 4 is 5.78 Å². The molecule has 0 amide bonds. The maximum atomic E-state index is 13.2. The molecule has 0 aliphatic carbocycles. The summed E-state index contributed by atoms with van der Waals surface area (Å²) in [5.74, 6) is -0.524. The average molecular weight is 256 g/mol. The molecule has 0 unspecified atom stereocenters. The van der Waals surface area contributed by atoms with E-state index in [1.807, 2.05) is 18.2 Å². The first kappa shape index (κ1) is 13.5. The minimum absolute atomic E-state index is 0.125. The van der Waals surface area contributed by atoms with Crippen LogP contribution in [0.15, 0.2) is 48.5 Å². The molecule has 0 saturated carbocycles. The highest BCUT2D eigenvalue weighted by molar-refractivity contribution is 6.10. The summed E-state index contributed by atoms with van der Waals surface area (Å²) in [6.07, 6.45) is 0. The minimum Gasteiger partial charge on any atom is -0.289 e. The lowest BCUT2D eigenvalue weighted by Gasteiger charge is -2.22. The molecule has 0 aliphatic rings. The second-order valence-electron chi connectivity index (χ2n) is 5.64. The van der Waals surface area contributed by atoms with E-state index in [-0.39, 0.29) is 17.0 Å². The maximum Gasteiger partial charge on any atom is 0.193 e. The zero-order valence-corrected chi connectivity index (χ0v) is 11.4.